The molecule has 1 aromatic rings. The molecule has 2 atom stereocenters. The van der Waals surface area contributed by atoms with E-state index in [9.17, 15) is 18.3 Å². The second kappa shape index (κ2) is 3.95. The van der Waals surface area contributed by atoms with Crippen molar-refractivity contribution in [1.29, 1.82) is 0 Å². The summed E-state index contributed by atoms with van der Waals surface area (Å²) in [6.45, 7) is 5.33. The third kappa shape index (κ3) is 1.58. The maximum absolute atomic E-state index is 12.4. The molecule has 1 N–H and O–H groups in total. The first-order valence-corrected chi connectivity index (χ1v) is 7.02. The Kier molecular flexibility index (Phi) is 2.81. The second-order valence-electron chi connectivity index (χ2n) is 4.56. The lowest BCUT2D eigenvalue weighted by molar-refractivity contribution is -0.137. The Bertz CT molecular complexity index is 600. The molecule has 0 unspecified atom stereocenters. The van der Waals surface area contributed by atoms with E-state index in [1.54, 1.807) is 12.1 Å². The molecule has 1 aliphatic rings. The standard InChI is InChI=1S/C13H14O4S/c1-3-10-8-13(10,12(14)15)18(16,17)11-6-4-9(2)5-7-11/h3-7,10H,1,8H2,2H3,(H,14,15)/t10-,13-/m0/s1. The fraction of sp³-hybridized carbons (Fsp3) is 0.308. The third-order valence-corrected chi connectivity index (χ3v) is 5.92. The van der Waals surface area contributed by atoms with Crippen LogP contribution in [-0.4, -0.2) is 24.2 Å². The van der Waals surface area contributed by atoms with Gasteiger partial charge in [0.1, 0.15) is 0 Å². The topological polar surface area (TPSA) is 71.4 Å². The van der Waals surface area contributed by atoms with Gasteiger partial charge in [-0.05, 0) is 25.5 Å². The molecule has 2 rings (SSSR count). The molecule has 4 nitrogen and oxygen atoms in total. The molecule has 1 aliphatic carbocycles. The molecule has 96 valence electrons. The van der Waals surface area contributed by atoms with Crippen molar-refractivity contribution in [3.05, 3.63) is 42.5 Å². The van der Waals surface area contributed by atoms with Gasteiger partial charge >= 0.3 is 5.97 Å². The third-order valence-electron chi connectivity index (χ3n) is 3.42. The van der Waals surface area contributed by atoms with Crippen LogP contribution in [0.5, 0.6) is 0 Å². The lowest BCUT2D eigenvalue weighted by atomic mass is 10.2. The van der Waals surface area contributed by atoms with Gasteiger partial charge in [0.2, 0.25) is 0 Å². The molecule has 1 fully saturated rings. The molecular formula is C13H14O4S. The molecule has 0 amide bonds. The normalized spacial score (nSPS) is 26.6. The number of allylic oxidation sites excluding steroid dienone is 1. The number of aryl methyl sites for hydroxylation is 1. The van der Waals surface area contributed by atoms with E-state index in [4.69, 9.17) is 0 Å². The summed E-state index contributed by atoms with van der Waals surface area (Å²) in [5.74, 6) is -1.81. The van der Waals surface area contributed by atoms with Crippen molar-refractivity contribution in [2.45, 2.75) is 23.0 Å². The molecule has 0 saturated heterocycles. The minimum Gasteiger partial charge on any atom is -0.480 e. The van der Waals surface area contributed by atoms with Gasteiger partial charge in [-0.2, -0.15) is 0 Å². The highest BCUT2D eigenvalue weighted by Crippen LogP contribution is 2.53. The van der Waals surface area contributed by atoms with E-state index >= 15 is 0 Å². The maximum atomic E-state index is 12.4. The Morgan fingerprint density at radius 2 is 2.00 bits per heavy atom. The predicted molar refractivity (Wildman–Crippen MR) is 67.0 cm³/mol. The van der Waals surface area contributed by atoms with Crippen molar-refractivity contribution in [1.82, 2.24) is 0 Å². The molecule has 0 aromatic heterocycles. The molecule has 0 heterocycles. The second-order valence-corrected chi connectivity index (χ2v) is 6.76. The number of rotatable bonds is 4. The Balaban J connectivity index is 2.52. The van der Waals surface area contributed by atoms with Crippen molar-refractivity contribution < 1.29 is 18.3 Å². The van der Waals surface area contributed by atoms with Crippen LogP contribution in [0, 0.1) is 12.8 Å². The zero-order valence-electron chi connectivity index (χ0n) is 9.96. The zero-order chi connectivity index (χ0) is 13.6. The largest absolute Gasteiger partial charge is 0.480 e. The smallest absolute Gasteiger partial charge is 0.326 e. The van der Waals surface area contributed by atoms with Crippen molar-refractivity contribution in [2.24, 2.45) is 5.92 Å². The van der Waals surface area contributed by atoms with Crippen LogP contribution in [0.15, 0.2) is 41.8 Å². The molecule has 0 aliphatic heterocycles. The summed E-state index contributed by atoms with van der Waals surface area (Å²) in [4.78, 5) is 11.4. The van der Waals surface area contributed by atoms with Crippen LogP contribution in [0.1, 0.15) is 12.0 Å². The molecule has 18 heavy (non-hydrogen) atoms. The number of carboxylic acid groups (broad SMARTS) is 1. The predicted octanol–water partition coefficient (Wildman–Crippen LogP) is 1.80. The van der Waals surface area contributed by atoms with E-state index in [0.717, 1.165) is 5.56 Å². The Morgan fingerprint density at radius 3 is 2.39 bits per heavy atom. The minimum absolute atomic E-state index is 0.0554. The summed E-state index contributed by atoms with van der Waals surface area (Å²) >= 11 is 0. The number of carbonyl (C=O) groups is 1. The van der Waals surface area contributed by atoms with Gasteiger partial charge in [-0.1, -0.05) is 23.8 Å². The Morgan fingerprint density at radius 1 is 1.44 bits per heavy atom. The number of aliphatic carboxylic acids is 1. The summed E-state index contributed by atoms with van der Waals surface area (Å²) < 4.78 is 23.1. The first kappa shape index (κ1) is 12.8. The van der Waals surface area contributed by atoms with Crippen LogP contribution in [-0.2, 0) is 14.6 Å². The number of carboxylic acids is 1. The van der Waals surface area contributed by atoms with E-state index in [-0.39, 0.29) is 11.3 Å². The van der Waals surface area contributed by atoms with Crippen LogP contribution in [0.4, 0.5) is 0 Å². The summed E-state index contributed by atoms with van der Waals surface area (Å²) in [7, 11) is -3.88. The highest BCUT2D eigenvalue weighted by atomic mass is 32.2. The molecule has 1 aromatic carbocycles. The van der Waals surface area contributed by atoms with E-state index in [2.05, 4.69) is 6.58 Å². The fourth-order valence-corrected chi connectivity index (χ4v) is 4.18. The van der Waals surface area contributed by atoms with E-state index in [1.165, 1.54) is 18.2 Å². The van der Waals surface area contributed by atoms with Gasteiger partial charge in [-0.15, -0.1) is 6.58 Å². The lowest BCUT2D eigenvalue weighted by Gasteiger charge is -2.13. The van der Waals surface area contributed by atoms with Crippen LogP contribution in [0.2, 0.25) is 0 Å². The van der Waals surface area contributed by atoms with Crippen LogP contribution < -0.4 is 0 Å². The monoisotopic (exact) mass is 266 g/mol. The van der Waals surface area contributed by atoms with Gasteiger partial charge in [0.15, 0.2) is 14.6 Å². The zero-order valence-corrected chi connectivity index (χ0v) is 10.8. The minimum atomic E-state index is -3.88. The Labute approximate surface area is 106 Å². The fourth-order valence-electron chi connectivity index (χ4n) is 2.14. The first-order chi connectivity index (χ1) is 8.36. The van der Waals surface area contributed by atoms with Gasteiger partial charge in [0, 0.05) is 5.92 Å². The van der Waals surface area contributed by atoms with Crippen molar-refractivity contribution in [2.75, 3.05) is 0 Å². The van der Waals surface area contributed by atoms with Gasteiger partial charge in [-0.25, -0.2) is 8.42 Å². The first-order valence-electron chi connectivity index (χ1n) is 5.53. The Hall–Kier alpha value is -1.62. The average molecular weight is 266 g/mol. The summed E-state index contributed by atoms with van der Waals surface area (Å²) in [5, 5.41) is 9.23. The van der Waals surface area contributed by atoms with E-state index < -0.39 is 26.5 Å². The summed E-state index contributed by atoms with van der Waals surface area (Å²) in [6, 6.07) is 6.23. The molecule has 1 saturated carbocycles. The van der Waals surface area contributed by atoms with Gasteiger partial charge in [-0.3, -0.25) is 4.79 Å². The SMILES string of the molecule is C=C[C@H]1C[C@]1(C(=O)O)S(=O)(=O)c1ccc(C)cc1. The van der Waals surface area contributed by atoms with Crippen molar-refractivity contribution in [3.63, 3.8) is 0 Å². The van der Waals surface area contributed by atoms with E-state index in [0.29, 0.717) is 0 Å². The van der Waals surface area contributed by atoms with Gasteiger partial charge < -0.3 is 5.11 Å². The molecular weight excluding hydrogens is 252 g/mol. The molecule has 0 bridgehead atoms. The highest BCUT2D eigenvalue weighted by Gasteiger charge is 2.68. The van der Waals surface area contributed by atoms with Gasteiger partial charge in [0.25, 0.3) is 0 Å². The van der Waals surface area contributed by atoms with Crippen LogP contribution in [0.3, 0.4) is 0 Å². The summed E-state index contributed by atoms with van der Waals surface area (Å²) in [6.07, 6.45) is 1.50. The van der Waals surface area contributed by atoms with Gasteiger partial charge in [0.05, 0.1) is 4.90 Å². The summed E-state index contributed by atoms with van der Waals surface area (Å²) in [5.41, 5.74) is 0.925. The highest BCUT2D eigenvalue weighted by molar-refractivity contribution is 7.94. The van der Waals surface area contributed by atoms with E-state index in [1.807, 2.05) is 6.92 Å². The molecule has 0 radical (unpaired) electrons. The van der Waals surface area contributed by atoms with Crippen molar-refractivity contribution >= 4 is 15.8 Å². The average Bonchev–Trinajstić information content (AvgIpc) is 3.05. The lowest BCUT2D eigenvalue weighted by Crippen LogP contribution is -2.34. The number of sulfone groups is 1. The maximum Gasteiger partial charge on any atom is 0.326 e. The van der Waals surface area contributed by atoms with Crippen LogP contribution in [0.25, 0.3) is 0 Å². The van der Waals surface area contributed by atoms with Crippen LogP contribution >= 0.6 is 0 Å². The number of hydrogen-bond donors (Lipinski definition) is 1. The number of hydrogen-bond acceptors (Lipinski definition) is 3. The molecule has 5 heteroatoms. The molecule has 0 spiro atoms. The quantitative estimate of drug-likeness (QED) is 0.843. The van der Waals surface area contributed by atoms with Crippen molar-refractivity contribution in [3.8, 4) is 0 Å². The number of benzene rings is 1.